The quantitative estimate of drug-likeness (QED) is 0.235. The van der Waals surface area contributed by atoms with Crippen LogP contribution < -0.4 is 15.6 Å². The molecule has 2 atom stereocenters. The number of carbonyl (C=O) groups excluding carboxylic acids is 2. The highest BCUT2D eigenvalue weighted by molar-refractivity contribution is 6.11. The maximum atomic E-state index is 14.0. The van der Waals surface area contributed by atoms with E-state index in [1.807, 2.05) is 0 Å². The van der Waals surface area contributed by atoms with Gasteiger partial charge in [0.15, 0.2) is 0 Å². The summed E-state index contributed by atoms with van der Waals surface area (Å²) in [6.07, 6.45) is 0. The number of methoxy groups -OCH3 is 1. The first-order valence-corrected chi connectivity index (χ1v) is 13.9. The minimum Gasteiger partial charge on any atom is -0.505 e. The van der Waals surface area contributed by atoms with Gasteiger partial charge in [-0.25, -0.2) is 5.10 Å². The third kappa shape index (κ3) is 7.04. The fourth-order valence-corrected chi connectivity index (χ4v) is 5.00. The number of anilines is 1. The van der Waals surface area contributed by atoms with E-state index in [-0.39, 0.29) is 23.6 Å². The van der Waals surface area contributed by atoms with E-state index in [0.29, 0.717) is 39.5 Å². The Morgan fingerprint density at radius 2 is 1.82 bits per heavy atom. The number of aliphatic hydroxyl groups is 1. The maximum absolute atomic E-state index is 14.0. The van der Waals surface area contributed by atoms with Gasteiger partial charge in [0.25, 0.3) is 11.5 Å². The van der Waals surface area contributed by atoms with Gasteiger partial charge in [0, 0.05) is 51.3 Å². The Labute approximate surface area is 254 Å². The van der Waals surface area contributed by atoms with E-state index in [9.17, 15) is 24.6 Å². The fraction of sp³-hybridized carbons (Fsp3) is 0.303. The molecule has 1 aromatic heterocycles. The summed E-state index contributed by atoms with van der Waals surface area (Å²) < 4.78 is 11.1. The van der Waals surface area contributed by atoms with Gasteiger partial charge in [0.1, 0.15) is 28.7 Å². The lowest BCUT2D eigenvalue weighted by molar-refractivity contribution is -0.146. The van der Waals surface area contributed by atoms with Crippen LogP contribution in [0, 0.1) is 17.8 Å². The van der Waals surface area contributed by atoms with E-state index < -0.39 is 34.9 Å². The average molecular weight is 599 g/mol. The number of nitrogens with zero attached hydrogens (tertiary/aromatic N) is 2. The molecule has 2 unspecified atom stereocenters. The standard InChI is InChI=1S/C33H34N4O7/c1-7-44-32(41)28-19(3)34-18(2)27(29(28)23-16-20(8-13-25(23)43-6)14-15-33(4,5)42)31(40)35-22-11-9-21(10-12-22)30-24(38)17-26(39)36-37-30/h8-13,16-17,28-29,42H,7H2,1-6H3,(H,35,40)(H2,36,38,39). The number of allylic oxidation sites excluding steroid dienone is 1. The minimum absolute atomic E-state index is 0.139. The number of H-pyrrole nitrogens is 1. The van der Waals surface area contributed by atoms with Crippen molar-refractivity contribution in [2.75, 3.05) is 19.0 Å². The summed E-state index contributed by atoms with van der Waals surface area (Å²) in [6, 6.07) is 12.7. The highest BCUT2D eigenvalue weighted by Crippen LogP contribution is 2.44. The highest BCUT2D eigenvalue weighted by atomic mass is 16.5. The summed E-state index contributed by atoms with van der Waals surface area (Å²) in [5, 5.41) is 29.3. The van der Waals surface area contributed by atoms with Crippen molar-refractivity contribution in [2.24, 2.45) is 10.9 Å². The molecule has 2 heterocycles. The molecule has 4 rings (SSSR count). The maximum Gasteiger partial charge on any atom is 0.315 e. The third-order valence-electron chi connectivity index (χ3n) is 6.90. The second-order valence-corrected chi connectivity index (χ2v) is 10.7. The van der Waals surface area contributed by atoms with Crippen molar-refractivity contribution in [3.05, 3.63) is 81.3 Å². The summed E-state index contributed by atoms with van der Waals surface area (Å²) >= 11 is 0. The second-order valence-electron chi connectivity index (χ2n) is 10.7. The average Bonchev–Trinajstić information content (AvgIpc) is 2.95. The van der Waals surface area contributed by atoms with E-state index in [1.165, 1.54) is 7.11 Å². The fourth-order valence-electron chi connectivity index (χ4n) is 5.00. The van der Waals surface area contributed by atoms with Crippen LogP contribution in [-0.4, -0.2) is 57.3 Å². The molecule has 0 bridgehead atoms. The van der Waals surface area contributed by atoms with E-state index >= 15 is 0 Å². The molecule has 0 spiro atoms. The molecule has 0 fully saturated rings. The van der Waals surface area contributed by atoms with Crippen LogP contribution in [0.5, 0.6) is 11.5 Å². The number of aromatic hydroxyl groups is 1. The number of rotatable bonds is 7. The van der Waals surface area contributed by atoms with Gasteiger partial charge < -0.3 is 25.0 Å². The molecule has 4 N–H and O–H groups in total. The number of amides is 1. The number of hydrogen-bond donors (Lipinski definition) is 4. The number of aromatic amines is 1. The predicted octanol–water partition coefficient (Wildman–Crippen LogP) is 3.92. The molecular weight excluding hydrogens is 564 g/mol. The zero-order valence-corrected chi connectivity index (χ0v) is 25.3. The molecule has 1 aliphatic heterocycles. The lowest BCUT2D eigenvalue weighted by atomic mass is 9.74. The highest BCUT2D eigenvalue weighted by Gasteiger charge is 2.43. The number of benzene rings is 2. The largest absolute Gasteiger partial charge is 0.505 e. The van der Waals surface area contributed by atoms with E-state index in [1.54, 1.807) is 77.1 Å². The van der Waals surface area contributed by atoms with Crippen LogP contribution in [0.3, 0.4) is 0 Å². The number of esters is 1. The molecule has 0 saturated carbocycles. The van der Waals surface area contributed by atoms with E-state index in [2.05, 4.69) is 32.3 Å². The Balaban J connectivity index is 1.79. The zero-order chi connectivity index (χ0) is 32.2. The van der Waals surface area contributed by atoms with E-state index in [0.717, 1.165) is 6.07 Å². The van der Waals surface area contributed by atoms with Crippen molar-refractivity contribution in [3.63, 3.8) is 0 Å². The van der Waals surface area contributed by atoms with Crippen LogP contribution in [0.25, 0.3) is 11.3 Å². The van der Waals surface area contributed by atoms with Gasteiger partial charge in [0.05, 0.1) is 13.7 Å². The van der Waals surface area contributed by atoms with Crippen LogP contribution in [0.4, 0.5) is 5.69 Å². The lowest BCUT2D eigenvalue weighted by Gasteiger charge is -2.32. The van der Waals surface area contributed by atoms with Gasteiger partial charge in [-0.3, -0.25) is 19.4 Å². The Bertz CT molecular complexity index is 1770. The van der Waals surface area contributed by atoms with Crippen LogP contribution >= 0.6 is 0 Å². The molecule has 11 nitrogen and oxygen atoms in total. The monoisotopic (exact) mass is 598 g/mol. The predicted molar refractivity (Wildman–Crippen MR) is 165 cm³/mol. The van der Waals surface area contributed by atoms with Crippen LogP contribution in [-0.2, 0) is 14.3 Å². The van der Waals surface area contributed by atoms with Gasteiger partial charge >= 0.3 is 5.97 Å². The molecule has 0 radical (unpaired) electrons. The Kier molecular flexibility index (Phi) is 9.35. The van der Waals surface area contributed by atoms with Crippen molar-refractivity contribution in [1.82, 2.24) is 10.2 Å². The van der Waals surface area contributed by atoms with Crippen molar-refractivity contribution in [3.8, 4) is 34.6 Å². The molecule has 2 aromatic carbocycles. The van der Waals surface area contributed by atoms with E-state index in [4.69, 9.17) is 9.47 Å². The lowest BCUT2D eigenvalue weighted by Crippen LogP contribution is -2.37. The topological polar surface area (TPSA) is 163 Å². The molecule has 228 valence electrons. The summed E-state index contributed by atoms with van der Waals surface area (Å²) in [4.78, 5) is 43.4. The number of aliphatic imine (C=N–C) groups is 1. The van der Waals surface area contributed by atoms with Crippen molar-refractivity contribution in [1.29, 1.82) is 0 Å². The summed E-state index contributed by atoms with van der Waals surface area (Å²) in [7, 11) is 1.50. The van der Waals surface area contributed by atoms with Crippen LogP contribution in [0.2, 0.25) is 0 Å². The summed E-state index contributed by atoms with van der Waals surface area (Å²) in [6.45, 7) is 8.41. The Morgan fingerprint density at radius 1 is 1.11 bits per heavy atom. The number of nitrogens with one attached hydrogen (secondary N) is 2. The van der Waals surface area contributed by atoms with Gasteiger partial charge in [-0.05, 0) is 65.0 Å². The Hall–Kier alpha value is -5.21. The first-order chi connectivity index (χ1) is 20.8. The van der Waals surface area contributed by atoms with Gasteiger partial charge in [-0.15, -0.1) is 0 Å². The third-order valence-corrected chi connectivity index (χ3v) is 6.90. The molecule has 1 amide bonds. The molecule has 0 saturated heterocycles. The molecule has 1 aliphatic rings. The number of aromatic nitrogens is 2. The van der Waals surface area contributed by atoms with Gasteiger partial charge in [0.2, 0.25) is 0 Å². The second kappa shape index (κ2) is 13.0. The summed E-state index contributed by atoms with van der Waals surface area (Å²) in [5.74, 6) is 3.10. The SMILES string of the molecule is CCOC(=O)C1C(C)=NC(C)=C(C(=O)Nc2ccc(-c3n[nH]c(=O)cc3O)cc2)C1c1cc(C#CC(C)(C)O)ccc1OC. The van der Waals surface area contributed by atoms with Crippen LogP contribution in [0.1, 0.15) is 51.7 Å². The first-order valence-electron chi connectivity index (χ1n) is 13.9. The Morgan fingerprint density at radius 3 is 2.43 bits per heavy atom. The molecule has 3 aromatic rings. The summed E-state index contributed by atoms with van der Waals surface area (Å²) in [5.41, 5.74) is 1.57. The van der Waals surface area contributed by atoms with Crippen molar-refractivity contribution < 1.29 is 29.3 Å². The van der Waals surface area contributed by atoms with Crippen molar-refractivity contribution in [2.45, 2.75) is 46.1 Å². The number of carbonyl (C=O) groups is 2. The smallest absolute Gasteiger partial charge is 0.315 e. The molecule has 11 heteroatoms. The zero-order valence-electron chi connectivity index (χ0n) is 25.3. The molecule has 0 aliphatic carbocycles. The molecular formula is C33H34N4O7. The minimum atomic E-state index is -1.23. The molecule has 44 heavy (non-hydrogen) atoms. The van der Waals surface area contributed by atoms with Gasteiger partial charge in [-0.2, -0.15) is 5.10 Å². The number of hydrogen-bond acceptors (Lipinski definition) is 9. The number of ether oxygens (including phenoxy) is 2. The first kappa shape index (κ1) is 31.7. The van der Waals surface area contributed by atoms with Crippen LogP contribution in [0.15, 0.2) is 69.6 Å². The van der Waals surface area contributed by atoms with Gasteiger partial charge in [-0.1, -0.05) is 24.0 Å². The normalized spacial score (nSPS) is 16.4. The van der Waals surface area contributed by atoms with Crippen molar-refractivity contribution >= 4 is 23.3 Å².